The number of aromatic nitrogens is 2. The first kappa shape index (κ1) is 19.2. The molecular formula is C26H30N4O. The van der Waals surface area contributed by atoms with Crippen molar-refractivity contribution in [3.63, 3.8) is 0 Å². The summed E-state index contributed by atoms with van der Waals surface area (Å²) in [4.78, 5) is 22.6. The fraction of sp³-hybridized carbons (Fsp3) is 0.462. The highest BCUT2D eigenvalue weighted by molar-refractivity contribution is 5.84. The summed E-state index contributed by atoms with van der Waals surface area (Å²) in [5.41, 5.74) is 3.86. The quantitative estimate of drug-likeness (QED) is 0.654. The summed E-state index contributed by atoms with van der Waals surface area (Å²) >= 11 is 0. The standard InChI is InChI=1S/C26H30N4O/c31-26-22(17-28-10-1-2-11-28)6-7-25-23-12-19(15-30(25)26)14-29(18-23)16-21-5-3-4-20-13-27-9-8-24(20)21/h3-9,13,19,23H,1-2,10-12,14-18H2/t19-,23+/m0/s1. The third-order valence-electron chi connectivity index (χ3n) is 7.52. The van der Waals surface area contributed by atoms with E-state index in [1.165, 1.54) is 41.3 Å². The molecule has 5 nitrogen and oxygen atoms in total. The molecule has 0 amide bonds. The third kappa shape index (κ3) is 3.60. The maximum atomic E-state index is 13.3. The second-order valence-corrected chi connectivity index (χ2v) is 9.69. The van der Waals surface area contributed by atoms with Gasteiger partial charge in [0.05, 0.1) is 0 Å². The van der Waals surface area contributed by atoms with Gasteiger partial charge in [-0.15, -0.1) is 0 Å². The largest absolute Gasteiger partial charge is 0.312 e. The lowest BCUT2D eigenvalue weighted by atomic mass is 9.82. The van der Waals surface area contributed by atoms with Gasteiger partial charge in [-0.1, -0.05) is 24.3 Å². The Labute approximate surface area is 183 Å². The summed E-state index contributed by atoms with van der Waals surface area (Å²) in [6.07, 6.45) is 7.57. The fourth-order valence-corrected chi connectivity index (χ4v) is 6.09. The SMILES string of the molecule is O=c1c(CN2CCCC2)ccc2n1C[C@H]1C[C@@H]2CN(Cc2cccc3cnccc23)C1. The van der Waals surface area contributed by atoms with Crippen LogP contribution in [-0.2, 0) is 19.6 Å². The van der Waals surface area contributed by atoms with Crippen molar-refractivity contribution in [2.24, 2.45) is 5.92 Å². The number of nitrogens with zero attached hydrogens (tertiary/aromatic N) is 4. The van der Waals surface area contributed by atoms with Gasteiger partial charge in [0, 0.05) is 67.7 Å². The molecule has 0 radical (unpaired) electrons. The summed E-state index contributed by atoms with van der Waals surface area (Å²) in [6.45, 7) is 7.01. The van der Waals surface area contributed by atoms with Crippen molar-refractivity contribution in [1.82, 2.24) is 19.4 Å². The zero-order valence-electron chi connectivity index (χ0n) is 18.0. The van der Waals surface area contributed by atoms with E-state index in [2.05, 4.69) is 55.7 Å². The molecule has 2 fully saturated rings. The Morgan fingerprint density at radius 1 is 0.903 bits per heavy atom. The van der Waals surface area contributed by atoms with Gasteiger partial charge in [-0.2, -0.15) is 0 Å². The molecule has 5 heterocycles. The first-order valence-electron chi connectivity index (χ1n) is 11.7. The number of pyridine rings is 2. The number of hydrogen-bond acceptors (Lipinski definition) is 4. The lowest BCUT2D eigenvalue weighted by Crippen LogP contribution is -2.47. The average Bonchev–Trinajstić information content (AvgIpc) is 3.30. The normalized spacial score (nSPS) is 23.9. The summed E-state index contributed by atoms with van der Waals surface area (Å²) in [5.74, 6) is 1.01. The van der Waals surface area contributed by atoms with Gasteiger partial charge in [0.1, 0.15) is 0 Å². The molecule has 0 aliphatic carbocycles. The van der Waals surface area contributed by atoms with Gasteiger partial charge >= 0.3 is 0 Å². The predicted molar refractivity (Wildman–Crippen MR) is 123 cm³/mol. The maximum absolute atomic E-state index is 13.3. The first-order chi connectivity index (χ1) is 15.2. The van der Waals surface area contributed by atoms with Crippen LogP contribution in [0.15, 0.2) is 53.6 Å². The van der Waals surface area contributed by atoms with Crippen LogP contribution in [0.1, 0.15) is 42.0 Å². The molecule has 5 heteroatoms. The van der Waals surface area contributed by atoms with Gasteiger partial charge in [0.2, 0.25) is 0 Å². The van der Waals surface area contributed by atoms with E-state index < -0.39 is 0 Å². The van der Waals surface area contributed by atoms with Crippen molar-refractivity contribution < 1.29 is 0 Å². The fourth-order valence-electron chi connectivity index (χ4n) is 6.09. The summed E-state index contributed by atoms with van der Waals surface area (Å²) in [7, 11) is 0. The van der Waals surface area contributed by atoms with Crippen LogP contribution in [0.5, 0.6) is 0 Å². The number of hydrogen-bond donors (Lipinski definition) is 0. The van der Waals surface area contributed by atoms with E-state index in [9.17, 15) is 4.79 Å². The Morgan fingerprint density at radius 3 is 2.68 bits per heavy atom. The highest BCUT2D eigenvalue weighted by Crippen LogP contribution is 2.36. The van der Waals surface area contributed by atoms with Gasteiger partial charge in [-0.05, 0) is 61.4 Å². The van der Waals surface area contributed by atoms with Crippen LogP contribution in [-0.4, -0.2) is 45.5 Å². The van der Waals surface area contributed by atoms with Gasteiger partial charge in [-0.3, -0.25) is 19.6 Å². The van der Waals surface area contributed by atoms with Crippen LogP contribution in [0.2, 0.25) is 0 Å². The molecule has 2 atom stereocenters. The van der Waals surface area contributed by atoms with E-state index >= 15 is 0 Å². The van der Waals surface area contributed by atoms with Gasteiger partial charge < -0.3 is 4.57 Å². The molecule has 2 saturated heterocycles. The zero-order valence-corrected chi connectivity index (χ0v) is 18.0. The monoisotopic (exact) mass is 414 g/mol. The molecule has 0 N–H and O–H groups in total. The molecule has 2 aromatic heterocycles. The van der Waals surface area contributed by atoms with Crippen molar-refractivity contribution in [2.75, 3.05) is 26.2 Å². The lowest BCUT2D eigenvalue weighted by molar-refractivity contribution is 0.114. The Bertz CT molecular complexity index is 1160. The van der Waals surface area contributed by atoms with Crippen molar-refractivity contribution in [1.29, 1.82) is 0 Å². The van der Waals surface area contributed by atoms with E-state index in [0.717, 1.165) is 51.4 Å². The summed E-state index contributed by atoms with van der Waals surface area (Å²) < 4.78 is 2.12. The zero-order chi connectivity index (χ0) is 20.8. The van der Waals surface area contributed by atoms with E-state index in [0.29, 0.717) is 11.8 Å². The van der Waals surface area contributed by atoms with E-state index in [1.54, 1.807) is 0 Å². The van der Waals surface area contributed by atoms with Gasteiger partial charge in [-0.25, -0.2) is 0 Å². The van der Waals surface area contributed by atoms with Crippen LogP contribution in [0.3, 0.4) is 0 Å². The average molecular weight is 415 g/mol. The second-order valence-electron chi connectivity index (χ2n) is 9.69. The molecule has 3 aliphatic heterocycles. The van der Waals surface area contributed by atoms with E-state index in [1.807, 2.05) is 12.4 Å². The Kier molecular flexibility index (Phi) is 4.88. The molecule has 3 aromatic rings. The van der Waals surface area contributed by atoms with E-state index in [-0.39, 0.29) is 5.56 Å². The van der Waals surface area contributed by atoms with Crippen LogP contribution in [0.4, 0.5) is 0 Å². The van der Waals surface area contributed by atoms with Crippen LogP contribution >= 0.6 is 0 Å². The molecule has 3 aliphatic rings. The summed E-state index contributed by atoms with van der Waals surface area (Å²) in [5, 5.41) is 2.51. The summed E-state index contributed by atoms with van der Waals surface area (Å²) in [6, 6.07) is 13.0. The topological polar surface area (TPSA) is 41.4 Å². The molecular weight excluding hydrogens is 384 g/mol. The van der Waals surface area contributed by atoms with Crippen molar-refractivity contribution in [3.05, 3.63) is 76.0 Å². The van der Waals surface area contributed by atoms with Crippen molar-refractivity contribution in [3.8, 4) is 0 Å². The molecule has 0 spiro atoms. The number of piperidine rings is 1. The van der Waals surface area contributed by atoms with Crippen LogP contribution < -0.4 is 5.56 Å². The molecule has 31 heavy (non-hydrogen) atoms. The molecule has 6 rings (SSSR count). The molecule has 2 bridgehead atoms. The molecule has 1 aromatic carbocycles. The molecule has 0 saturated carbocycles. The Hall–Kier alpha value is -2.50. The minimum atomic E-state index is 0.258. The number of benzene rings is 1. The second kappa shape index (κ2) is 7.88. The van der Waals surface area contributed by atoms with Crippen molar-refractivity contribution >= 4 is 10.8 Å². The van der Waals surface area contributed by atoms with E-state index in [4.69, 9.17) is 0 Å². The molecule has 0 unspecified atom stereocenters. The first-order valence-corrected chi connectivity index (χ1v) is 11.7. The minimum absolute atomic E-state index is 0.258. The number of rotatable bonds is 4. The van der Waals surface area contributed by atoms with Gasteiger partial charge in [0.25, 0.3) is 5.56 Å². The lowest BCUT2D eigenvalue weighted by Gasteiger charge is -2.43. The predicted octanol–water partition coefficient (Wildman–Crippen LogP) is 3.61. The Morgan fingerprint density at radius 2 is 1.77 bits per heavy atom. The van der Waals surface area contributed by atoms with Gasteiger partial charge in [0.15, 0.2) is 0 Å². The Balaban J connectivity index is 1.24. The smallest absolute Gasteiger partial charge is 0.255 e. The highest BCUT2D eigenvalue weighted by atomic mass is 16.1. The highest BCUT2D eigenvalue weighted by Gasteiger charge is 2.35. The molecule has 160 valence electrons. The number of fused-ring (bicyclic) bond motifs is 5. The van der Waals surface area contributed by atoms with Crippen LogP contribution in [0, 0.1) is 5.92 Å². The number of likely N-dealkylation sites (tertiary alicyclic amines) is 2. The maximum Gasteiger partial charge on any atom is 0.255 e. The van der Waals surface area contributed by atoms with Crippen LogP contribution in [0.25, 0.3) is 10.8 Å². The minimum Gasteiger partial charge on any atom is -0.312 e. The van der Waals surface area contributed by atoms with Crippen molar-refractivity contribution in [2.45, 2.75) is 44.8 Å². The third-order valence-corrected chi connectivity index (χ3v) is 7.52.